The minimum Gasteiger partial charge on any atom is -0.344 e. The van der Waals surface area contributed by atoms with Gasteiger partial charge < -0.3 is 10.6 Å². The quantitative estimate of drug-likeness (QED) is 0.729. The highest BCUT2D eigenvalue weighted by Crippen LogP contribution is 2.18. The summed E-state index contributed by atoms with van der Waals surface area (Å²) in [6.45, 7) is 3.94. The number of benzene rings is 1. The lowest BCUT2D eigenvalue weighted by molar-refractivity contribution is 0.0933. The highest BCUT2D eigenvalue weighted by Gasteiger charge is 2.19. The number of carbonyl (C=O) groups is 1. The molecular weight excluding hydrogens is 340 g/mol. The van der Waals surface area contributed by atoms with Gasteiger partial charge in [0.05, 0.1) is 17.8 Å². The molecule has 27 heavy (non-hydrogen) atoms. The molecule has 3 heterocycles. The molecule has 1 fully saturated rings. The number of amides is 1. The van der Waals surface area contributed by atoms with Gasteiger partial charge in [-0.15, -0.1) is 0 Å². The fourth-order valence-corrected chi connectivity index (χ4v) is 3.41. The fourth-order valence-electron chi connectivity index (χ4n) is 3.41. The second-order valence-electron chi connectivity index (χ2n) is 6.92. The van der Waals surface area contributed by atoms with Crippen molar-refractivity contribution in [2.45, 2.75) is 31.8 Å². The van der Waals surface area contributed by atoms with E-state index in [2.05, 4.69) is 20.8 Å². The maximum absolute atomic E-state index is 12.6. The average Bonchev–Trinajstić information content (AvgIpc) is 3.41. The first kappa shape index (κ1) is 17.5. The lowest BCUT2D eigenvalue weighted by Crippen LogP contribution is -2.32. The van der Waals surface area contributed by atoms with Gasteiger partial charge in [-0.2, -0.15) is 10.2 Å². The second-order valence-corrected chi connectivity index (χ2v) is 6.92. The first-order chi connectivity index (χ1) is 13.2. The Kier molecular flexibility index (Phi) is 5.02. The maximum Gasteiger partial charge on any atom is 0.272 e. The van der Waals surface area contributed by atoms with Crippen LogP contribution in [0.2, 0.25) is 0 Å². The Balaban J connectivity index is 1.39. The Morgan fingerprint density at radius 1 is 1.26 bits per heavy atom. The topological polar surface area (TPSA) is 76.8 Å². The van der Waals surface area contributed by atoms with Crippen molar-refractivity contribution in [3.05, 3.63) is 66.2 Å². The summed E-state index contributed by atoms with van der Waals surface area (Å²) >= 11 is 0. The number of hydrogen-bond donors (Lipinski definition) is 2. The minimum atomic E-state index is -0.152. The Morgan fingerprint density at radius 2 is 2.11 bits per heavy atom. The van der Waals surface area contributed by atoms with Crippen molar-refractivity contribution in [1.82, 2.24) is 30.2 Å². The monoisotopic (exact) mass is 364 g/mol. The third-order valence-corrected chi connectivity index (χ3v) is 5.00. The number of hydrogen-bond acceptors (Lipinski definition) is 4. The van der Waals surface area contributed by atoms with Crippen LogP contribution in [0.1, 0.15) is 47.9 Å². The van der Waals surface area contributed by atoms with Crippen LogP contribution in [0.3, 0.4) is 0 Å². The molecule has 2 unspecified atom stereocenters. The van der Waals surface area contributed by atoms with Crippen LogP contribution in [0.15, 0.2) is 55.0 Å². The van der Waals surface area contributed by atoms with Crippen LogP contribution in [0.5, 0.6) is 0 Å². The van der Waals surface area contributed by atoms with Gasteiger partial charge in [0.2, 0.25) is 0 Å². The molecule has 0 spiro atoms. The van der Waals surface area contributed by atoms with E-state index in [1.807, 2.05) is 54.3 Å². The fraction of sp³-hybridized carbons (Fsp3) is 0.350. The number of nitrogens with zero attached hydrogens (tertiary/aromatic N) is 4. The second kappa shape index (κ2) is 7.75. The van der Waals surface area contributed by atoms with Gasteiger partial charge in [0.1, 0.15) is 5.69 Å². The Labute approximate surface area is 158 Å². The molecule has 7 nitrogen and oxygen atoms in total. The van der Waals surface area contributed by atoms with E-state index in [9.17, 15) is 4.79 Å². The molecule has 0 saturated carbocycles. The Morgan fingerprint density at radius 3 is 2.81 bits per heavy atom. The summed E-state index contributed by atoms with van der Waals surface area (Å²) in [5, 5.41) is 15.1. The van der Waals surface area contributed by atoms with Crippen LogP contribution in [0, 0.1) is 0 Å². The summed E-state index contributed by atoms with van der Waals surface area (Å²) in [5.41, 5.74) is 2.48. The number of piperidine rings is 1. The molecule has 4 rings (SSSR count). The van der Waals surface area contributed by atoms with E-state index >= 15 is 0 Å². The maximum atomic E-state index is 12.6. The molecule has 2 N–H and O–H groups in total. The van der Waals surface area contributed by atoms with Gasteiger partial charge in [-0.05, 0) is 56.1 Å². The molecule has 3 aromatic rings. The van der Waals surface area contributed by atoms with Gasteiger partial charge in [-0.25, -0.2) is 4.68 Å². The van der Waals surface area contributed by atoms with Gasteiger partial charge in [0.25, 0.3) is 5.91 Å². The first-order valence-electron chi connectivity index (χ1n) is 9.37. The molecule has 2 aromatic heterocycles. The molecule has 1 aromatic carbocycles. The van der Waals surface area contributed by atoms with Gasteiger partial charge in [0, 0.05) is 25.1 Å². The van der Waals surface area contributed by atoms with Crippen LogP contribution in [0.25, 0.3) is 5.69 Å². The highest BCUT2D eigenvalue weighted by atomic mass is 16.2. The van der Waals surface area contributed by atoms with Gasteiger partial charge in [-0.3, -0.25) is 9.48 Å². The van der Waals surface area contributed by atoms with Crippen molar-refractivity contribution >= 4 is 5.91 Å². The predicted octanol–water partition coefficient (Wildman–Crippen LogP) is 2.48. The normalized spacial score (nSPS) is 18.2. The van der Waals surface area contributed by atoms with E-state index in [0.29, 0.717) is 11.7 Å². The first-order valence-corrected chi connectivity index (χ1v) is 9.37. The summed E-state index contributed by atoms with van der Waals surface area (Å²) in [6, 6.07) is 11.9. The van der Waals surface area contributed by atoms with E-state index in [-0.39, 0.29) is 11.9 Å². The van der Waals surface area contributed by atoms with Crippen LogP contribution in [-0.2, 0) is 0 Å². The van der Waals surface area contributed by atoms with Crippen LogP contribution >= 0.6 is 0 Å². The predicted molar refractivity (Wildman–Crippen MR) is 103 cm³/mol. The summed E-state index contributed by atoms with van der Waals surface area (Å²) in [5.74, 6) is -0.152. The minimum absolute atomic E-state index is 0.106. The largest absolute Gasteiger partial charge is 0.344 e. The van der Waals surface area contributed by atoms with E-state index in [1.54, 1.807) is 16.9 Å². The molecule has 0 bridgehead atoms. The zero-order valence-electron chi connectivity index (χ0n) is 15.4. The van der Waals surface area contributed by atoms with Crippen molar-refractivity contribution in [2.75, 3.05) is 13.1 Å². The molecule has 140 valence electrons. The van der Waals surface area contributed by atoms with Crippen molar-refractivity contribution in [2.24, 2.45) is 0 Å². The SMILES string of the molecule is CC(NC(=O)c1ccn(C2CCCNC2)n1)c1ccc(-n2cccn2)cc1. The molecule has 1 aliphatic heterocycles. The molecule has 7 heteroatoms. The van der Waals surface area contributed by atoms with Crippen molar-refractivity contribution < 1.29 is 4.79 Å². The zero-order valence-corrected chi connectivity index (χ0v) is 15.4. The summed E-state index contributed by atoms with van der Waals surface area (Å²) in [4.78, 5) is 12.6. The van der Waals surface area contributed by atoms with Crippen LogP contribution in [0.4, 0.5) is 0 Å². The molecule has 0 aliphatic carbocycles. The summed E-state index contributed by atoms with van der Waals surface area (Å²) < 4.78 is 3.71. The van der Waals surface area contributed by atoms with Gasteiger partial charge in [0.15, 0.2) is 0 Å². The third-order valence-electron chi connectivity index (χ3n) is 5.00. The number of carbonyl (C=O) groups excluding carboxylic acids is 1. The molecule has 2 atom stereocenters. The smallest absolute Gasteiger partial charge is 0.272 e. The molecule has 1 saturated heterocycles. The van der Waals surface area contributed by atoms with E-state index in [0.717, 1.165) is 37.2 Å². The standard InChI is InChI=1S/C20H24N6O/c1-15(16-5-7-17(8-6-16)25-12-3-11-22-25)23-20(27)19-9-13-26(24-19)18-4-2-10-21-14-18/h3,5-9,11-13,15,18,21H,2,4,10,14H2,1H3,(H,23,27). The Hall–Kier alpha value is -2.93. The number of nitrogens with one attached hydrogen (secondary N) is 2. The van der Waals surface area contributed by atoms with Crippen molar-refractivity contribution in [1.29, 1.82) is 0 Å². The zero-order chi connectivity index (χ0) is 18.6. The van der Waals surface area contributed by atoms with Crippen molar-refractivity contribution in [3.8, 4) is 5.69 Å². The van der Waals surface area contributed by atoms with E-state index in [1.165, 1.54) is 0 Å². The Bertz CT molecular complexity index is 878. The summed E-state index contributed by atoms with van der Waals surface area (Å²) in [6.07, 6.45) is 7.78. The molecule has 0 radical (unpaired) electrons. The lowest BCUT2D eigenvalue weighted by atomic mass is 10.1. The molecular formula is C20H24N6O. The number of aromatic nitrogens is 4. The van der Waals surface area contributed by atoms with Gasteiger partial charge >= 0.3 is 0 Å². The van der Waals surface area contributed by atoms with Crippen molar-refractivity contribution in [3.63, 3.8) is 0 Å². The van der Waals surface area contributed by atoms with Crippen LogP contribution < -0.4 is 10.6 Å². The van der Waals surface area contributed by atoms with Crippen LogP contribution in [-0.4, -0.2) is 38.6 Å². The van der Waals surface area contributed by atoms with Gasteiger partial charge in [-0.1, -0.05) is 12.1 Å². The molecule has 1 aliphatic rings. The number of rotatable bonds is 5. The van der Waals surface area contributed by atoms with E-state index in [4.69, 9.17) is 0 Å². The van der Waals surface area contributed by atoms with E-state index < -0.39 is 0 Å². The molecule has 1 amide bonds. The summed E-state index contributed by atoms with van der Waals surface area (Å²) in [7, 11) is 0. The lowest BCUT2D eigenvalue weighted by Gasteiger charge is -2.22. The third kappa shape index (κ3) is 3.93. The average molecular weight is 364 g/mol. The highest BCUT2D eigenvalue weighted by molar-refractivity contribution is 5.92.